The molecule has 2 aliphatic heterocycles. The van der Waals surface area contributed by atoms with E-state index in [1.165, 1.54) is 11.4 Å². The molecule has 8 nitrogen and oxygen atoms in total. The molecule has 2 aliphatic rings. The molecular formula is C24H25N7O. The van der Waals surface area contributed by atoms with Gasteiger partial charge in [0.05, 0.1) is 37.0 Å². The summed E-state index contributed by atoms with van der Waals surface area (Å²) in [6.45, 7) is 4.24. The Morgan fingerprint density at radius 3 is 2.75 bits per heavy atom. The third-order valence-electron chi connectivity index (χ3n) is 6.09. The van der Waals surface area contributed by atoms with Gasteiger partial charge in [-0.2, -0.15) is 0 Å². The van der Waals surface area contributed by atoms with Crippen molar-refractivity contribution in [3.8, 4) is 11.3 Å². The summed E-state index contributed by atoms with van der Waals surface area (Å²) in [5.74, 6) is 0.735. The first-order chi connectivity index (χ1) is 15.7. The fourth-order valence-electron chi connectivity index (χ4n) is 4.31. The third-order valence-corrected chi connectivity index (χ3v) is 6.09. The Morgan fingerprint density at radius 1 is 1.06 bits per heavy atom. The first kappa shape index (κ1) is 18.9. The largest absolute Gasteiger partial charge is 0.378 e. The van der Waals surface area contributed by atoms with E-state index in [0.717, 1.165) is 67.1 Å². The lowest BCUT2D eigenvalue weighted by Crippen LogP contribution is -2.36. The number of rotatable bonds is 4. The van der Waals surface area contributed by atoms with E-state index in [1.54, 1.807) is 6.20 Å². The normalized spacial score (nSPS) is 15.7. The number of nitrogens with one attached hydrogen (secondary N) is 2. The lowest BCUT2D eigenvalue weighted by atomic mass is 10.1. The molecule has 8 heteroatoms. The first-order valence-corrected chi connectivity index (χ1v) is 10.9. The summed E-state index contributed by atoms with van der Waals surface area (Å²) in [6.07, 6.45) is 5.78. The number of fused-ring (bicyclic) bond motifs is 2. The Morgan fingerprint density at radius 2 is 1.91 bits per heavy atom. The van der Waals surface area contributed by atoms with Gasteiger partial charge in [-0.1, -0.05) is 6.07 Å². The SMILES string of the molecule is CN1CNc2ccc(-c3cn4ccnc4c(Nc4ccc(N5CCOCC5)cc4)n3)cc21. The van der Waals surface area contributed by atoms with E-state index in [1.807, 2.05) is 16.8 Å². The number of ether oxygens (including phenoxy) is 1. The predicted octanol–water partition coefficient (Wildman–Crippen LogP) is 3.80. The average Bonchev–Trinajstić information content (AvgIpc) is 3.47. The molecule has 6 rings (SSSR count). The predicted molar refractivity (Wildman–Crippen MR) is 128 cm³/mol. The van der Waals surface area contributed by atoms with Gasteiger partial charge in [0, 0.05) is 55.7 Å². The highest BCUT2D eigenvalue weighted by atomic mass is 16.5. The van der Waals surface area contributed by atoms with Crippen LogP contribution in [-0.4, -0.2) is 54.4 Å². The zero-order valence-corrected chi connectivity index (χ0v) is 18.0. The second kappa shape index (κ2) is 7.72. The minimum Gasteiger partial charge on any atom is -0.378 e. The molecule has 1 saturated heterocycles. The van der Waals surface area contributed by atoms with E-state index in [4.69, 9.17) is 9.72 Å². The van der Waals surface area contributed by atoms with Crippen LogP contribution in [0, 0.1) is 0 Å². The fraction of sp³-hybridized carbons (Fsp3) is 0.250. The number of hydrogen-bond donors (Lipinski definition) is 2. The third kappa shape index (κ3) is 3.38. The highest BCUT2D eigenvalue weighted by Crippen LogP contribution is 2.35. The lowest BCUT2D eigenvalue weighted by Gasteiger charge is -2.28. The van der Waals surface area contributed by atoms with Crippen LogP contribution in [0.5, 0.6) is 0 Å². The van der Waals surface area contributed by atoms with Gasteiger partial charge in [0.2, 0.25) is 0 Å². The molecule has 1 fully saturated rings. The Labute approximate surface area is 186 Å². The maximum atomic E-state index is 5.46. The molecule has 0 spiro atoms. The maximum Gasteiger partial charge on any atom is 0.180 e. The number of anilines is 5. The highest BCUT2D eigenvalue weighted by Gasteiger charge is 2.17. The Hall–Kier alpha value is -3.78. The number of nitrogens with zero attached hydrogens (tertiary/aromatic N) is 5. The van der Waals surface area contributed by atoms with Crippen LogP contribution in [0.25, 0.3) is 16.9 Å². The summed E-state index contributed by atoms with van der Waals surface area (Å²) in [7, 11) is 2.09. The summed E-state index contributed by atoms with van der Waals surface area (Å²) in [5, 5.41) is 6.87. The molecule has 4 heterocycles. The second-order valence-corrected chi connectivity index (χ2v) is 8.17. The number of aromatic nitrogens is 3. The second-order valence-electron chi connectivity index (χ2n) is 8.17. The van der Waals surface area contributed by atoms with Crippen LogP contribution in [0.3, 0.4) is 0 Å². The topological polar surface area (TPSA) is 70.0 Å². The monoisotopic (exact) mass is 427 g/mol. The van der Waals surface area contributed by atoms with Crippen LogP contribution < -0.4 is 20.4 Å². The van der Waals surface area contributed by atoms with E-state index >= 15 is 0 Å². The molecule has 162 valence electrons. The van der Waals surface area contributed by atoms with Gasteiger partial charge in [-0.15, -0.1) is 0 Å². The molecule has 32 heavy (non-hydrogen) atoms. The van der Waals surface area contributed by atoms with E-state index in [0.29, 0.717) is 0 Å². The van der Waals surface area contributed by atoms with Gasteiger partial charge < -0.3 is 29.6 Å². The van der Waals surface area contributed by atoms with Crippen LogP contribution >= 0.6 is 0 Å². The van der Waals surface area contributed by atoms with Gasteiger partial charge in [0.15, 0.2) is 11.5 Å². The number of imidazole rings is 1. The zero-order valence-electron chi connectivity index (χ0n) is 18.0. The van der Waals surface area contributed by atoms with Crippen molar-refractivity contribution in [3.63, 3.8) is 0 Å². The van der Waals surface area contributed by atoms with Gasteiger partial charge in [-0.05, 0) is 36.4 Å². The van der Waals surface area contributed by atoms with Crippen LogP contribution in [0.4, 0.5) is 28.6 Å². The van der Waals surface area contributed by atoms with Crippen LogP contribution in [0.2, 0.25) is 0 Å². The van der Waals surface area contributed by atoms with Gasteiger partial charge in [-0.3, -0.25) is 0 Å². The molecule has 0 aliphatic carbocycles. The van der Waals surface area contributed by atoms with Gasteiger partial charge in [0.1, 0.15) is 0 Å². The smallest absolute Gasteiger partial charge is 0.180 e. The Balaban J connectivity index is 1.32. The highest BCUT2D eigenvalue weighted by molar-refractivity contribution is 5.81. The molecule has 0 unspecified atom stereocenters. The zero-order chi connectivity index (χ0) is 21.5. The van der Waals surface area contributed by atoms with Crippen molar-refractivity contribution < 1.29 is 4.74 Å². The molecule has 0 radical (unpaired) electrons. The molecular weight excluding hydrogens is 402 g/mol. The van der Waals surface area contributed by atoms with Crippen molar-refractivity contribution >= 4 is 34.2 Å². The van der Waals surface area contributed by atoms with E-state index < -0.39 is 0 Å². The van der Waals surface area contributed by atoms with Crippen molar-refractivity contribution in [1.82, 2.24) is 14.4 Å². The molecule has 0 bridgehead atoms. The number of hydrogen-bond acceptors (Lipinski definition) is 7. The standard InChI is InChI=1S/C24H25N7O/c1-29-16-26-20-7-2-17(14-22(20)29)21-15-31-9-8-25-24(31)23(28-21)27-18-3-5-19(6-4-18)30-10-12-32-13-11-30/h2-9,14-15,26H,10-13,16H2,1H3,(H,27,28). The minimum absolute atomic E-state index is 0.735. The van der Waals surface area contributed by atoms with Gasteiger partial charge in [-0.25, -0.2) is 9.97 Å². The number of morpholine rings is 1. The minimum atomic E-state index is 0.735. The van der Waals surface area contributed by atoms with Crippen molar-refractivity contribution in [1.29, 1.82) is 0 Å². The van der Waals surface area contributed by atoms with Gasteiger partial charge >= 0.3 is 0 Å². The van der Waals surface area contributed by atoms with E-state index in [2.05, 4.69) is 74.9 Å². The van der Waals surface area contributed by atoms with Crippen molar-refractivity contribution in [2.45, 2.75) is 0 Å². The van der Waals surface area contributed by atoms with E-state index in [9.17, 15) is 0 Å². The molecule has 4 aromatic rings. The quantitative estimate of drug-likeness (QED) is 0.513. The summed E-state index contributed by atoms with van der Waals surface area (Å²) >= 11 is 0. The molecule has 0 amide bonds. The van der Waals surface area contributed by atoms with Crippen LogP contribution in [-0.2, 0) is 4.74 Å². The Kier molecular flexibility index (Phi) is 4.57. The van der Waals surface area contributed by atoms with Crippen LogP contribution in [0.15, 0.2) is 61.1 Å². The number of benzene rings is 2. The Bertz CT molecular complexity index is 1260. The molecule has 2 N–H and O–H groups in total. The summed E-state index contributed by atoms with van der Waals surface area (Å²) in [5.41, 5.74) is 7.29. The van der Waals surface area contributed by atoms with Crippen molar-refractivity contribution in [2.24, 2.45) is 0 Å². The first-order valence-electron chi connectivity index (χ1n) is 10.9. The lowest BCUT2D eigenvalue weighted by molar-refractivity contribution is 0.122. The fourth-order valence-corrected chi connectivity index (χ4v) is 4.31. The molecule has 2 aromatic heterocycles. The average molecular weight is 428 g/mol. The summed E-state index contributed by atoms with van der Waals surface area (Å²) < 4.78 is 7.47. The maximum absolute atomic E-state index is 5.46. The summed E-state index contributed by atoms with van der Waals surface area (Å²) in [4.78, 5) is 14.0. The van der Waals surface area contributed by atoms with E-state index in [-0.39, 0.29) is 0 Å². The van der Waals surface area contributed by atoms with Crippen molar-refractivity contribution in [3.05, 3.63) is 61.1 Å². The van der Waals surface area contributed by atoms with Gasteiger partial charge in [0.25, 0.3) is 0 Å². The molecule has 0 atom stereocenters. The summed E-state index contributed by atoms with van der Waals surface area (Å²) in [6, 6.07) is 14.9. The molecule has 0 saturated carbocycles. The van der Waals surface area contributed by atoms with Crippen LogP contribution in [0.1, 0.15) is 0 Å². The van der Waals surface area contributed by atoms with Crippen molar-refractivity contribution in [2.75, 3.05) is 60.5 Å². The molecule has 2 aromatic carbocycles.